The summed E-state index contributed by atoms with van der Waals surface area (Å²) in [4.78, 5) is 0. The highest BCUT2D eigenvalue weighted by Gasteiger charge is 2.33. The van der Waals surface area contributed by atoms with E-state index in [4.69, 9.17) is 5.73 Å². The molecule has 1 rings (SSSR count). The summed E-state index contributed by atoms with van der Waals surface area (Å²) >= 11 is 0. The van der Waals surface area contributed by atoms with Crippen molar-refractivity contribution in [3.8, 4) is 0 Å². The van der Waals surface area contributed by atoms with Crippen LogP contribution in [0.5, 0.6) is 0 Å². The lowest BCUT2D eigenvalue weighted by Crippen LogP contribution is -2.09. The SMILES string of the molecule is Cl.Nc1cnncc1C(F)(F)F. The lowest BCUT2D eigenvalue weighted by molar-refractivity contribution is -0.137. The number of nitrogen functional groups attached to an aromatic ring is 1. The molecule has 0 aliphatic rings. The molecule has 0 radical (unpaired) electrons. The number of alkyl halides is 3. The predicted molar refractivity (Wildman–Crippen MR) is 38.7 cm³/mol. The van der Waals surface area contributed by atoms with Gasteiger partial charge in [0.25, 0.3) is 0 Å². The van der Waals surface area contributed by atoms with E-state index in [-0.39, 0.29) is 12.4 Å². The standard InChI is InChI=1S/C5H4F3N3.ClH/c6-5(7,8)3-1-10-11-2-4(3)9;/h1-2H,(H2,9,10);1H. The highest BCUT2D eigenvalue weighted by Crippen LogP contribution is 2.31. The topological polar surface area (TPSA) is 51.8 Å². The molecule has 0 spiro atoms. The van der Waals surface area contributed by atoms with Crippen LogP contribution >= 0.6 is 12.4 Å². The van der Waals surface area contributed by atoms with Crippen molar-refractivity contribution in [2.45, 2.75) is 6.18 Å². The predicted octanol–water partition coefficient (Wildman–Crippen LogP) is 1.50. The van der Waals surface area contributed by atoms with Crippen LogP contribution in [0.15, 0.2) is 12.4 Å². The van der Waals surface area contributed by atoms with Gasteiger partial charge in [0.15, 0.2) is 0 Å². The van der Waals surface area contributed by atoms with E-state index < -0.39 is 17.4 Å². The Kier molecular flexibility index (Phi) is 3.26. The van der Waals surface area contributed by atoms with Crippen LogP contribution in [0.25, 0.3) is 0 Å². The van der Waals surface area contributed by atoms with E-state index in [1.807, 2.05) is 0 Å². The number of anilines is 1. The third-order valence-electron chi connectivity index (χ3n) is 1.07. The Morgan fingerprint density at radius 1 is 1.17 bits per heavy atom. The van der Waals surface area contributed by atoms with Gasteiger partial charge in [-0.15, -0.1) is 12.4 Å². The minimum atomic E-state index is -4.44. The first-order chi connectivity index (χ1) is 5.02. The zero-order valence-electron chi connectivity index (χ0n) is 5.67. The van der Waals surface area contributed by atoms with E-state index in [1.165, 1.54) is 0 Å². The number of nitrogens with two attached hydrogens (primary N) is 1. The summed E-state index contributed by atoms with van der Waals surface area (Å²) in [6.45, 7) is 0. The molecule has 12 heavy (non-hydrogen) atoms. The minimum Gasteiger partial charge on any atom is -0.397 e. The summed E-state index contributed by atoms with van der Waals surface area (Å²) < 4.78 is 35.7. The van der Waals surface area contributed by atoms with Crippen LogP contribution in [0.4, 0.5) is 18.9 Å². The van der Waals surface area contributed by atoms with E-state index in [2.05, 4.69) is 10.2 Å². The summed E-state index contributed by atoms with van der Waals surface area (Å²) in [5.41, 5.74) is 3.62. The van der Waals surface area contributed by atoms with Gasteiger partial charge >= 0.3 is 6.18 Å². The molecular formula is C5H5ClF3N3. The van der Waals surface area contributed by atoms with Crippen molar-refractivity contribution in [3.63, 3.8) is 0 Å². The van der Waals surface area contributed by atoms with E-state index >= 15 is 0 Å². The van der Waals surface area contributed by atoms with Crippen molar-refractivity contribution in [1.82, 2.24) is 10.2 Å². The number of aromatic nitrogens is 2. The average Bonchev–Trinajstić information content (AvgIpc) is 1.86. The lowest BCUT2D eigenvalue weighted by atomic mass is 10.2. The molecule has 1 heterocycles. The van der Waals surface area contributed by atoms with Crippen LogP contribution in [-0.4, -0.2) is 10.2 Å². The first-order valence-corrected chi connectivity index (χ1v) is 2.65. The van der Waals surface area contributed by atoms with Crippen LogP contribution in [0.1, 0.15) is 5.56 Å². The van der Waals surface area contributed by atoms with E-state index in [0.29, 0.717) is 6.20 Å². The molecule has 0 aromatic carbocycles. The molecular weight excluding hydrogens is 195 g/mol. The molecule has 3 nitrogen and oxygen atoms in total. The van der Waals surface area contributed by atoms with Gasteiger partial charge in [-0.3, -0.25) is 0 Å². The van der Waals surface area contributed by atoms with Crippen molar-refractivity contribution in [3.05, 3.63) is 18.0 Å². The molecule has 0 saturated carbocycles. The maximum atomic E-state index is 11.9. The zero-order chi connectivity index (χ0) is 8.48. The minimum absolute atomic E-state index is 0. The number of nitrogens with zero attached hydrogens (tertiary/aromatic N) is 2. The van der Waals surface area contributed by atoms with Crippen LogP contribution in [0, 0.1) is 0 Å². The summed E-state index contributed by atoms with van der Waals surface area (Å²) in [5, 5.41) is 6.25. The van der Waals surface area contributed by atoms with Crippen LogP contribution in [-0.2, 0) is 6.18 Å². The van der Waals surface area contributed by atoms with Gasteiger partial charge < -0.3 is 5.73 Å². The fraction of sp³-hybridized carbons (Fsp3) is 0.200. The molecule has 7 heteroatoms. The average molecular weight is 200 g/mol. The highest BCUT2D eigenvalue weighted by molar-refractivity contribution is 5.85. The molecule has 1 aromatic rings. The van der Waals surface area contributed by atoms with E-state index in [9.17, 15) is 13.2 Å². The molecule has 1 aromatic heterocycles. The van der Waals surface area contributed by atoms with Crippen molar-refractivity contribution in [1.29, 1.82) is 0 Å². The van der Waals surface area contributed by atoms with Gasteiger partial charge in [0.2, 0.25) is 0 Å². The van der Waals surface area contributed by atoms with Gasteiger partial charge in [-0.2, -0.15) is 23.4 Å². The maximum absolute atomic E-state index is 11.9. The van der Waals surface area contributed by atoms with Crippen LogP contribution < -0.4 is 5.73 Å². The van der Waals surface area contributed by atoms with Crippen molar-refractivity contribution >= 4 is 18.1 Å². The van der Waals surface area contributed by atoms with Gasteiger partial charge in [0.05, 0.1) is 18.1 Å². The largest absolute Gasteiger partial charge is 0.419 e. The Morgan fingerprint density at radius 3 is 2.00 bits per heavy atom. The molecule has 68 valence electrons. The zero-order valence-corrected chi connectivity index (χ0v) is 6.49. The summed E-state index contributed by atoms with van der Waals surface area (Å²) in [6.07, 6.45) is -2.99. The van der Waals surface area contributed by atoms with Crippen molar-refractivity contribution in [2.75, 3.05) is 5.73 Å². The smallest absolute Gasteiger partial charge is 0.397 e. The monoisotopic (exact) mass is 199 g/mol. The Hall–Kier alpha value is -1.04. The maximum Gasteiger partial charge on any atom is 0.419 e. The normalized spacial score (nSPS) is 10.6. The molecule has 0 fully saturated rings. The number of halogens is 4. The van der Waals surface area contributed by atoms with Gasteiger partial charge in [0, 0.05) is 0 Å². The first-order valence-electron chi connectivity index (χ1n) is 2.65. The molecule has 2 N–H and O–H groups in total. The van der Waals surface area contributed by atoms with Gasteiger partial charge in [-0.1, -0.05) is 0 Å². The van der Waals surface area contributed by atoms with Crippen LogP contribution in [0.3, 0.4) is 0 Å². The van der Waals surface area contributed by atoms with Gasteiger partial charge in [-0.05, 0) is 0 Å². The summed E-state index contributed by atoms with van der Waals surface area (Å²) in [5.74, 6) is 0. The summed E-state index contributed by atoms with van der Waals surface area (Å²) in [6, 6.07) is 0. The molecule has 0 atom stereocenters. The second kappa shape index (κ2) is 3.57. The van der Waals surface area contributed by atoms with Gasteiger partial charge in [0.1, 0.15) is 5.56 Å². The second-order valence-corrected chi connectivity index (χ2v) is 1.86. The second-order valence-electron chi connectivity index (χ2n) is 1.86. The fourth-order valence-corrected chi connectivity index (χ4v) is 0.568. The molecule has 0 unspecified atom stereocenters. The third-order valence-corrected chi connectivity index (χ3v) is 1.07. The summed E-state index contributed by atoms with van der Waals surface area (Å²) in [7, 11) is 0. The molecule has 0 aliphatic heterocycles. The van der Waals surface area contributed by atoms with Crippen molar-refractivity contribution < 1.29 is 13.2 Å². The fourth-order valence-electron chi connectivity index (χ4n) is 0.568. The Morgan fingerprint density at radius 2 is 1.67 bits per heavy atom. The lowest BCUT2D eigenvalue weighted by Gasteiger charge is -2.06. The quantitative estimate of drug-likeness (QED) is 0.689. The number of rotatable bonds is 0. The van der Waals surface area contributed by atoms with Gasteiger partial charge in [-0.25, -0.2) is 0 Å². The van der Waals surface area contributed by atoms with Crippen LogP contribution in [0.2, 0.25) is 0 Å². The Labute approximate surface area is 72.2 Å². The molecule has 0 amide bonds. The molecule has 0 bridgehead atoms. The number of hydrogen-bond donors (Lipinski definition) is 1. The molecule has 0 saturated heterocycles. The highest BCUT2D eigenvalue weighted by atomic mass is 35.5. The van der Waals surface area contributed by atoms with Crippen molar-refractivity contribution in [2.24, 2.45) is 0 Å². The Balaban J connectivity index is 0.00000121. The van der Waals surface area contributed by atoms with E-state index in [1.54, 1.807) is 0 Å². The molecule has 0 aliphatic carbocycles. The number of hydrogen-bond acceptors (Lipinski definition) is 3. The Bertz CT molecular complexity index is 262. The van der Waals surface area contributed by atoms with E-state index in [0.717, 1.165) is 6.20 Å². The third kappa shape index (κ3) is 2.23. The first kappa shape index (κ1) is 11.0.